The summed E-state index contributed by atoms with van der Waals surface area (Å²) in [6.45, 7) is 7.32. The van der Waals surface area contributed by atoms with Gasteiger partial charge in [-0.2, -0.15) is 9.97 Å². The van der Waals surface area contributed by atoms with E-state index in [1.807, 2.05) is 12.1 Å². The van der Waals surface area contributed by atoms with Gasteiger partial charge in [0.15, 0.2) is 5.83 Å². The Morgan fingerprint density at radius 3 is 2.54 bits per heavy atom. The van der Waals surface area contributed by atoms with Crippen LogP contribution in [0.25, 0.3) is 10.8 Å². The van der Waals surface area contributed by atoms with Crippen LogP contribution >= 0.6 is 11.6 Å². The summed E-state index contributed by atoms with van der Waals surface area (Å²) in [4.78, 5) is 30.4. The molecule has 3 aromatic rings. The van der Waals surface area contributed by atoms with Gasteiger partial charge in [-0.3, -0.25) is 9.69 Å². The number of amides is 1. The molecule has 41 heavy (non-hydrogen) atoms. The van der Waals surface area contributed by atoms with Crippen LogP contribution in [0, 0.1) is 0 Å². The Balaban J connectivity index is 1.33. The summed E-state index contributed by atoms with van der Waals surface area (Å²) in [6, 6.07) is 13.2. The third-order valence-corrected chi connectivity index (χ3v) is 9.11. The van der Waals surface area contributed by atoms with Gasteiger partial charge in [0.25, 0.3) is 5.91 Å². The van der Waals surface area contributed by atoms with Gasteiger partial charge in [0.1, 0.15) is 12.4 Å². The Labute approximate surface area is 245 Å². The van der Waals surface area contributed by atoms with E-state index in [-0.39, 0.29) is 6.04 Å². The monoisotopic (exact) mass is 578 g/mol. The zero-order valence-corrected chi connectivity index (χ0v) is 24.4. The predicted molar refractivity (Wildman–Crippen MR) is 159 cm³/mol. The normalized spacial score (nSPS) is 21.8. The van der Waals surface area contributed by atoms with Crippen molar-refractivity contribution >= 4 is 34.1 Å². The van der Waals surface area contributed by atoms with Gasteiger partial charge in [0, 0.05) is 67.2 Å². The number of carbonyl (C=O) groups is 1. The van der Waals surface area contributed by atoms with Crippen molar-refractivity contribution < 1.29 is 13.9 Å². The third kappa shape index (κ3) is 5.50. The molecular formula is C31H36ClFN6O2. The first-order valence-corrected chi connectivity index (χ1v) is 14.7. The Bertz CT molecular complexity index is 1470. The number of piperazine rings is 1. The standard InChI is InChI=1S/C31H36ClFN6O2/c1-20(33)30(40)39-15-13-38(14-16-39)29-24-18-37(3)27(23-10-4-7-21-8-5-11-25(32)28(21)23)17-26(24)34-31(35-29)41-19-22-9-6-12-36(22)2/h4-5,7-8,10-11,22,27H,1,6,9,12-19H2,2-3H3/t22-,27?/m0/s1. The molecule has 2 aromatic carbocycles. The number of carbonyl (C=O) groups excluding carboxylic acids is 1. The maximum absolute atomic E-state index is 13.5. The van der Waals surface area contributed by atoms with Gasteiger partial charge in [-0.05, 0) is 50.5 Å². The van der Waals surface area contributed by atoms with Crippen LogP contribution in [0.2, 0.25) is 5.02 Å². The smallest absolute Gasteiger partial charge is 0.318 e. The van der Waals surface area contributed by atoms with Crippen LogP contribution in [-0.2, 0) is 17.8 Å². The van der Waals surface area contributed by atoms with Crippen LogP contribution in [0.5, 0.6) is 6.01 Å². The average molecular weight is 579 g/mol. The number of likely N-dealkylation sites (N-methyl/N-ethyl adjacent to an activating group) is 2. The Kier molecular flexibility index (Phi) is 7.85. The minimum absolute atomic E-state index is 0.0766. The topological polar surface area (TPSA) is 65.0 Å². The molecule has 2 atom stereocenters. The van der Waals surface area contributed by atoms with Crippen LogP contribution < -0.4 is 9.64 Å². The molecule has 0 saturated carbocycles. The molecule has 1 unspecified atom stereocenters. The lowest BCUT2D eigenvalue weighted by Gasteiger charge is -2.39. The molecule has 0 bridgehead atoms. The van der Waals surface area contributed by atoms with Crippen molar-refractivity contribution in [2.45, 2.75) is 37.9 Å². The summed E-state index contributed by atoms with van der Waals surface area (Å²) in [7, 11) is 4.25. The van der Waals surface area contributed by atoms with E-state index in [4.69, 9.17) is 26.3 Å². The number of rotatable bonds is 6. The largest absolute Gasteiger partial charge is 0.462 e. The number of nitrogens with zero attached hydrogens (tertiary/aromatic N) is 6. The zero-order chi connectivity index (χ0) is 28.7. The lowest BCUT2D eigenvalue weighted by molar-refractivity contribution is -0.128. The number of benzene rings is 2. The molecule has 4 heterocycles. The first-order valence-electron chi connectivity index (χ1n) is 14.3. The molecule has 1 aromatic heterocycles. The highest BCUT2D eigenvalue weighted by Crippen LogP contribution is 2.40. The fraction of sp³-hybridized carbons (Fsp3) is 0.452. The number of halogens is 2. The Hall–Kier alpha value is -3.27. The van der Waals surface area contributed by atoms with Crippen molar-refractivity contribution in [3.8, 4) is 6.01 Å². The Morgan fingerprint density at radius 2 is 1.83 bits per heavy atom. The number of aromatic nitrogens is 2. The van der Waals surface area contributed by atoms with Crippen LogP contribution in [0.3, 0.4) is 0 Å². The minimum atomic E-state index is -0.924. The first-order chi connectivity index (χ1) is 19.8. The summed E-state index contributed by atoms with van der Waals surface area (Å²) in [5.74, 6) is -0.737. The summed E-state index contributed by atoms with van der Waals surface area (Å²) < 4.78 is 19.8. The number of fused-ring (bicyclic) bond motifs is 2. The third-order valence-electron chi connectivity index (χ3n) is 8.80. The predicted octanol–water partition coefficient (Wildman–Crippen LogP) is 4.62. The molecule has 8 nitrogen and oxygen atoms in total. The number of hydrogen-bond acceptors (Lipinski definition) is 7. The van der Waals surface area contributed by atoms with E-state index in [1.54, 1.807) is 0 Å². The highest BCUT2D eigenvalue weighted by Gasteiger charge is 2.33. The van der Waals surface area contributed by atoms with Gasteiger partial charge >= 0.3 is 6.01 Å². The molecule has 0 aliphatic carbocycles. The highest BCUT2D eigenvalue weighted by atomic mass is 35.5. The Morgan fingerprint density at radius 1 is 1.07 bits per heavy atom. The molecule has 3 aliphatic rings. The molecule has 0 spiro atoms. The van der Waals surface area contributed by atoms with Crippen molar-refractivity contribution in [3.05, 3.63) is 70.6 Å². The van der Waals surface area contributed by atoms with Crippen molar-refractivity contribution in [3.63, 3.8) is 0 Å². The number of anilines is 1. The molecule has 2 fully saturated rings. The molecule has 6 rings (SSSR count). The second kappa shape index (κ2) is 11.5. The van der Waals surface area contributed by atoms with E-state index >= 15 is 0 Å². The number of likely N-dealkylation sites (tertiary alicyclic amines) is 1. The molecule has 0 radical (unpaired) electrons. The van der Waals surface area contributed by atoms with Crippen molar-refractivity contribution in [1.29, 1.82) is 0 Å². The van der Waals surface area contributed by atoms with Crippen molar-refractivity contribution in [2.24, 2.45) is 0 Å². The van der Waals surface area contributed by atoms with Crippen LogP contribution in [0.15, 0.2) is 48.8 Å². The summed E-state index contributed by atoms with van der Waals surface area (Å²) in [5, 5.41) is 2.93. The molecule has 1 amide bonds. The zero-order valence-electron chi connectivity index (χ0n) is 23.7. The minimum Gasteiger partial charge on any atom is -0.462 e. The molecule has 2 saturated heterocycles. The second-order valence-electron chi connectivity index (χ2n) is 11.3. The van der Waals surface area contributed by atoms with Gasteiger partial charge in [-0.25, -0.2) is 4.39 Å². The van der Waals surface area contributed by atoms with E-state index in [0.29, 0.717) is 57.8 Å². The van der Waals surface area contributed by atoms with Crippen LogP contribution in [0.1, 0.15) is 35.7 Å². The molecular weight excluding hydrogens is 543 g/mol. The SMILES string of the molecule is C=C(F)C(=O)N1CCN(c2nc(OC[C@@H]3CCCN3C)nc3c2CN(C)C(c2cccc4cccc(Cl)c24)C3)CC1. The second-order valence-corrected chi connectivity index (χ2v) is 11.8. The maximum atomic E-state index is 13.5. The molecule has 0 N–H and O–H groups in total. The van der Waals surface area contributed by atoms with E-state index in [0.717, 1.165) is 52.3 Å². The summed E-state index contributed by atoms with van der Waals surface area (Å²) in [6.07, 6.45) is 2.95. The van der Waals surface area contributed by atoms with Gasteiger partial charge < -0.3 is 19.4 Å². The average Bonchev–Trinajstić information content (AvgIpc) is 3.39. The van der Waals surface area contributed by atoms with Crippen molar-refractivity contribution in [1.82, 2.24) is 24.7 Å². The van der Waals surface area contributed by atoms with Gasteiger partial charge in [-0.15, -0.1) is 0 Å². The fourth-order valence-electron chi connectivity index (χ4n) is 6.45. The number of ether oxygens (including phenoxy) is 1. The van der Waals surface area contributed by atoms with E-state index in [9.17, 15) is 9.18 Å². The highest BCUT2D eigenvalue weighted by molar-refractivity contribution is 6.35. The quantitative estimate of drug-likeness (QED) is 0.396. The van der Waals surface area contributed by atoms with Gasteiger partial charge in [-0.1, -0.05) is 48.5 Å². The van der Waals surface area contributed by atoms with Gasteiger partial charge in [0.2, 0.25) is 0 Å². The first kappa shape index (κ1) is 27.9. The van der Waals surface area contributed by atoms with E-state index in [2.05, 4.69) is 59.6 Å². The lowest BCUT2D eigenvalue weighted by Crippen LogP contribution is -2.49. The van der Waals surface area contributed by atoms with Gasteiger partial charge in [0.05, 0.1) is 5.69 Å². The fourth-order valence-corrected chi connectivity index (χ4v) is 6.74. The summed E-state index contributed by atoms with van der Waals surface area (Å²) >= 11 is 6.72. The van der Waals surface area contributed by atoms with E-state index < -0.39 is 11.7 Å². The molecule has 3 aliphatic heterocycles. The number of hydrogen-bond donors (Lipinski definition) is 0. The molecule has 10 heteroatoms. The van der Waals surface area contributed by atoms with Crippen LogP contribution in [0.4, 0.5) is 10.2 Å². The van der Waals surface area contributed by atoms with E-state index in [1.165, 1.54) is 10.5 Å². The molecule has 216 valence electrons. The maximum Gasteiger partial charge on any atom is 0.318 e. The summed E-state index contributed by atoms with van der Waals surface area (Å²) in [5.41, 5.74) is 3.21. The lowest BCUT2D eigenvalue weighted by atomic mass is 9.90. The van der Waals surface area contributed by atoms with Crippen molar-refractivity contribution in [2.75, 3.05) is 58.3 Å². The van der Waals surface area contributed by atoms with Crippen LogP contribution in [-0.4, -0.2) is 90.0 Å².